The highest BCUT2D eigenvalue weighted by Gasteiger charge is 2.35. The van der Waals surface area contributed by atoms with Crippen LogP contribution in [-0.4, -0.2) is 41.4 Å². The SMILES string of the molecule is COc1ccc(OC)c(C2CCCN2C(=O)C(C)n2cc(Cl)cn2)c1. The van der Waals surface area contributed by atoms with Crippen LogP contribution in [0.4, 0.5) is 0 Å². The van der Waals surface area contributed by atoms with Crippen LogP contribution in [0, 0.1) is 0 Å². The van der Waals surface area contributed by atoms with E-state index in [0.29, 0.717) is 11.6 Å². The summed E-state index contributed by atoms with van der Waals surface area (Å²) in [5.41, 5.74) is 0.971. The van der Waals surface area contributed by atoms with Gasteiger partial charge in [0.15, 0.2) is 0 Å². The monoisotopic (exact) mass is 363 g/mol. The molecule has 2 heterocycles. The first kappa shape index (κ1) is 17.6. The summed E-state index contributed by atoms with van der Waals surface area (Å²) in [5, 5.41) is 4.68. The second-order valence-corrected chi connectivity index (χ2v) is 6.55. The molecule has 0 saturated carbocycles. The number of carbonyl (C=O) groups is 1. The number of amides is 1. The van der Waals surface area contributed by atoms with Crippen LogP contribution in [0.1, 0.15) is 37.4 Å². The molecular formula is C18H22ClN3O3. The molecule has 0 N–H and O–H groups in total. The summed E-state index contributed by atoms with van der Waals surface area (Å²) in [4.78, 5) is 14.9. The molecule has 1 aliphatic rings. The molecule has 0 spiro atoms. The van der Waals surface area contributed by atoms with Gasteiger partial charge >= 0.3 is 0 Å². The highest BCUT2D eigenvalue weighted by atomic mass is 35.5. The van der Waals surface area contributed by atoms with Gasteiger partial charge in [-0.15, -0.1) is 0 Å². The Kier molecular flexibility index (Phi) is 5.18. The van der Waals surface area contributed by atoms with E-state index in [1.165, 1.54) is 6.20 Å². The maximum Gasteiger partial charge on any atom is 0.247 e. The minimum absolute atomic E-state index is 0.0205. The maximum atomic E-state index is 13.0. The minimum atomic E-state index is -0.412. The van der Waals surface area contributed by atoms with Gasteiger partial charge in [0.25, 0.3) is 0 Å². The van der Waals surface area contributed by atoms with Gasteiger partial charge in [-0.3, -0.25) is 9.48 Å². The van der Waals surface area contributed by atoms with Crippen LogP contribution in [0.5, 0.6) is 11.5 Å². The van der Waals surface area contributed by atoms with Gasteiger partial charge < -0.3 is 14.4 Å². The zero-order chi connectivity index (χ0) is 18.0. The van der Waals surface area contributed by atoms with Crippen LogP contribution >= 0.6 is 11.6 Å². The predicted octanol–water partition coefficient (Wildman–Crippen LogP) is 3.48. The average molecular weight is 364 g/mol. The molecule has 2 aromatic rings. The lowest BCUT2D eigenvalue weighted by atomic mass is 10.0. The molecule has 2 atom stereocenters. The van der Waals surface area contributed by atoms with Crippen molar-refractivity contribution in [2.24, 2.45) is 0 Å². The van der Waals surface area contributed by atoms with Crippen molar-refractivity contribution < 1.29 is 14.3 Å². The molecule has 25 heavy (non-hydrogen) atoms. The number of methoxy groups -OCH3 is 2. The van der Waals surface area contributed by atoms with Crippen LogP contribution in [0.15, 0.2) is 30.6 Å². The van der Waals surface area contributed by atoms with Crippen LogP contribution in [0.25, 0.3) is 0 Å². The van der Waals surface area contributed by atoms with E-state index in [1.54, 1.807) is 25.1 Å². The second kappa shape index (κ2) is 7.35. The molecule has 7 heteroatoms. The molecule has 1 aromatic heterocycles. The summed E-state index contributed by atoms with van der Waals surface area (Å²) >= 11 is 5.93. The Labute approximate surface area is 152 Å². The first-order valence-electron chi connectivity index (χ1n) is 8.27. The fourth-order valence-corrected chi connectivity index (χ4v) is 3.48. The van der Waals surface area contributed by atoms with Crippen LogP contribution in [0.3, 0.4) is 0 Å². The molecule has 1 amide bonds. The first-order valence-corrected chi connectivity index (χ1v) is 8.65. The third-order valence-electron chi connectivity index (χ3n) is 4.66. The van der Waals surface area contributed by atoms with Crippen molar-refractivity contribution in [1.82, 2.24) is 14.7 Å². The van der Waals surface area contributed by atoms with Gasteiger partial charge in [-0.2, -0.15) is 5.10 Å². The Morgan fingerprint density at radius 3 is 2.80 bits per heavy atom. The normalized spacial score (nSPS) is 18.2. The fraction of sp³-hybridized carbons (Fsp3) is 0.444. The zero-order valence-corrected chi connectivity index (χ0v) is 15.4. The number of likely N-dealkylation sites (tertiary alicyclic amines) is 1. The topological polar surface area (TPSA) is 56.6 Å². The molecule has 3 rings (SSSR count). The summed E-state index contributed by atoms with van der Waals surface area (Å²) in [6.07, 6.45) is 5.05. The Bertz CT molecular complexity index is 762. The lowest BCUT2D eigenvalue weighted by molar-refractivity contribution is -0.135. The molecule has 1 aliphatic heterocycles. The van der Waals surface area contributed by atoms with E-state index < -0.39 is 6.04 Å². The van der Waals surface area contributed by atoms with E-state index in [-0.39, 0.29) is 11.9 Å². The van der Waals surface area contributed by atoms with Crippen LogP contribution in [0.2, 0.25) is 5.02 Å². The highest BCUT2D eigenvalue weighted by Crippen LogP contribution is 2.39. The van der Waals surface area contributed by atoms with E-state index in [9.17, 15) is 4.79 Å². The third kappa shape index (κ3) is 3.44. The molecule has 0 bridgehead atoms. The molecule has 1 saturated heterocycles. The molecule has 0 aliphatic carbocycles. The third-order valence-corrected chi connectivity index (χ3v) is 4.85. The highest BCUT2D eigenvalue weighted by molar-refractivity contribution is 6.30. The van der Waals surface area contributed by atoms with Crippen molar-refractivity contribution in [3.8, 4) is 11.5 Å². The van der Waals surface area contributed by atoms with Crippen molar-refractivity contribution in [2.75, 3.05) is 20.8 Å². The Morgan fingerprint density at radius 1 is 1.36 bits per heavy atom. The van der Waals surface area contributed by atoms with Crippen molar-refractivity contribution in [3.05, 3.63) is 41.2 Å². The maximum absolute atomic E-state index is 13.0. The van der Waals surface area contributed by atoms with Gasteiger partial charge in [0.2, 0.25) is 5.91 Å². The van der Waals surface area contributed by atoms with E-state index in [2.05, 4.69) is 5.10 Å². The molecule has 1 fully saturated rings. The number of hydrogen-bond donors (Lipinski definition) is 0. The Morgan fingerprint density at radius 2 is 2.16 bits per heavy atom. The summed E-state index contributed by atoms with van der Waals surface area (Å²) in [6.45, 7) is 2.55. The quantitative estimate of drug-likeness (QED) is 0.816. The molecule has 0 radical (unpaired) electrons. The van der Waals surface area contributed by atoms with Crippen molar-refractivity contribution in [3.63, 3.8) is 0 Å². The molecule has 6 nitrogen and oxygen atoms in total. The number of benzene rings is 1. The van der Waals surface area contributed by atoms with E-state index in [0.717, 1.165) is 29.9 Å². The fourth-order valence-electron chi connectivity index (χ4n) is 3.33. The number of carbonyl (C=O) groups excluding carboxylic acids is 1. The summed E-state index contributed by atoms with van der Waals surface area (Å²) in [7, 11) is 3.27. The molecule has 2 unspecified atom stereocenters. The van der Waals surface area contributed by atoms with E-state index in [4.69, 9.17) is 21.1 Å². The molecule has 1 aromatic carbocycles. The predicted molar refractivity (Wildman–Crippen MR) is 95.2 cm³/mol. The van der Waals surface area contributed by atoms with Crippen LogP contribution < -0.4 is 9.47 Å². The Balaban J connectivity index is 1.89. The van der Waals surface area contributed by atoms with E-state index in [1.807, 2.05) is 30.0 Å². The number of aromatic nitrogens is 2. The number of rotatable bonds is 5. The molecule has 134 valence electrons. The smallest absolute Gasteiger partial charge is 0.247 e. The van der Waals surface area contributed by atoms with Gasteiger partial charge in [-0.1, -0.05) is 11.6 Å². The number of ether oxygens (including phenoxy) is 2. The van der Waals surface area contributed by atoms with Gasteiger partial charge in [0, 0.05) is 18.3 Å². The summed E-state index contributed by atoms with van der Waals surface area (Å²) in [6, 6.07) is 5.24. The van der Waals surface area contributed by atoms with Crippen molar-refractivity contribution in [2.45, 2.75) is 31.8 Å². The average Bonchev–Trinajstić information content (AvgIpc) is 3.28. The number of nitrogens with zero attached hydrogens (tertiary/aromatic N) is 3. The van der Waals surface area contributed by atoms with Crippen molar-refractivity contribution >= 4 is 17.5 Å². The molecular weight excluding hydrogens is 342 g/mol. The van der Waals surface area contributed by atoms with Gasteiger partial charge in [-0.25, -0.2) is 0 Å². The Hall–Kier alpha value is -2.21. The van der Waals surface area contributed by atoms with Crippen LogP contribution in [-0.2, 0) is 4.79 Å². The van der Waals surface area contributed by atoms with Crippen molar-refractivity contribution in [1.29, 1.82) is 0 Å². The van der Waals surface area contributed by atoms with Gasteiger partial charge in [0.05, 0.1) is 31.5 Å². The van der Waals surface area contributed by atoms with Gasteiger partial charge in [0.1, 0.15) is 17.5 Å². The number of hydrogen-bond acceptors (Lipinski definition) is 4. The first-order chi connectivity index (χ1) is 12.0. The summed E-state index contributed by atoms with van der Waals surface area (Å²) < 4.78 is 12.4. The van der Waals surface area contributed by atoms with Gasteiger partial charge in [-0.05, 0) is 38.0 Å². The number of halogens is 1. The van der Waals surface area contributed by atoms with E-state index >= 15 is 0 Å². The second-order valence-electron chi connectivity index (χ2n) is 6.11. The lowest BCUT2D eigenvalue weighted by Gasteiger charge is -2.29. The standard InChI is InChI=1S/C18H22ClN3O3/c1-12(22-11-13(19)10-20-22)18(23)21-8-4-5-16(21)15-9-14(24-2)6-7-17(15)25-3/h6-7,9-12,16H,4-5,8H2,1-3H3. The lowest BCUT2D eigenvalue weighted by Crippen LogP contribution is -2.36. The summed E-state index contributed by atoms with van der Waals surface area (Å²) in [5.74, 6) is 1.54. The zero-order valence-electron chi connectivity index (χ0n) is 14.6. The minimum Gasteiger partial charge on any atom is -0.497 e. The largest absolute Gasteiger partial charge is 0.497 e.